The predicted molar refractivity (Wildman–Crippen MR) is 51.6 cm³/mol. The minimum absolute atomic E-state index is 0.377. The summed E-state index contributed by atoms with van der Waals surface area (Å²) in [5.41, 5.74) is 0.377. The first-order chi connectivity index (χ1) is 5.00. The molecule has 64 valence electrons. The third-order valence-electron chi connectivity index (χ3n) is 2.33. The van der Waals surface area contributed by atoms with Crippen LogP contribution in [0.5, 0.6) is 0 Å². The van der Waals surface area contributed by atoms with E-state index in [-0.39, 0.29) is 0 Å². The molecule has 2 nitrogen and oxygen atoms in total. The summed E-state index contributed by atoms with van der Waals surface area (Å²) in [6.07, 6.45) is 0. The standard InChI is InChI=1S/C8H19BN2/c1-8(2,3)6-4-10-5-7(9)11-6/h6-7,10-11H,4-5,9H2,1-3H3. The molecule has 1 fully saturated rings. The van der Waals surface area contributed by atoms with Crippen LogP contribution in [-0.2, 0) is 0 Å². The molecule has 0 amide bonds. The molecule has 0 bridgehead atoms. The topological polar surface area (TPSA) is 24.1 Å². The Morgan fingerprint density at radius 1 is 1.27 bits per heavy atom. The van der Waals surface area contributed by atoms with Crippen LogP contribution in [0.3, 0.4) is 0 Å². The Morgan fingerprint density at radius 3 is 2.27 bits per heavy atom. The first-order valence-corrected chi connectivity index (χ1v) is 4.47. The molecule has 3 heteroatoms. The summed E-state index contributed by atoms with van der Waals surface area (Å²) >= 11 is 0. The highest BCUT2D eigenvalue weighted by molar-refractivity contribution is 6.12. The van der Waals surface area contributed by atoms with Gasteiger partial charge in [-0.05, 0) is 11.4 Å². The van der Waals surface area contributed by atoms with Crippen LogP contribution >= 0.6 is 0 Å². The molecular weight excluding hydrogens is 135 g/mol. The van der Waals surface area contributed by atoms with E-state index in [1.54, 1.807) is 0 Å². The van der Waals surface area contributed by atoms with Gasteiger partial charge < -0.3 is 10.6 Å². The molecule has 0 aromatic carbocycles. The van der Waals surface area contributed by atoms with E-state index in [4.69, 9.17) is 0 Å². The quantitative estimate of drug-likeness (QED) is 0.462. The first kappa shape index (κ1) is 9.08. The van der Waals surface area contributed by atoms with E-state index in [2.05, 4.69) is 39.3 Å². The molecule has 0 radical (unpaired) electrons. The van der Waals surface area contributed by atoms with Gasteiger partial charge in [0, 0.05) is 19.1 Å². The van der Waals surface area contributed by atoms with Gasteiger partial charge in [0.1, 0.15) is 7.85 Å². The van der Waals surface area contributed by atoms with Gasteiger partial charge in [-0.15, -0.1) is 0 Å². The molecule has 1 rings (SSSR count). The molecule has 0 spiro atoms. The minimum atomic E-state index is 0.377. The zero-order chi connectivity index (χ0) is 8.48. The smallest absolute Gasteiger partial charge is 0.125 e. The lowest BCUT2D eigenvalue weighted by molar-refractivity contribution is 0.229. The molecule has 1 aliphatic heterocycles. The molecule has 1 saturated heterocycles. The first-order valence-electron chi connectivity index (χ1n) is 4.47. The van der Waals surface area contributed by atoms with Crippen molar-refractivity contribution in [2.75, 3.05) is 13.1 Å². The second kappa shape index (κ2) is 3.15. The molecule has 2 unspecified atom stereocenters. The maximum atomic E-state index is 3.59. The molecule has 0 saturated carbocycles. The fourth-order valence-corrected chi connectivity index (χ4v) is 1.46. The number of piperazine rings is 1. The fourth-order valence-electron chi connectivity index (χ4n) is 1.46. The third kappa shape index (κ3) is 2.49. The number of rotatable bonds is 0. The summed E-state index contributed by atoms with van der Waals surface area (Å²) in [5, 5.41) is 7.02. The fraction of sp³-hybridized carbons (Fsp3) is 1.00. The monoisotopic (exact) mass is 154 g/mol. The maximum absolute atomic E-state index is 3.59. The van der Waals surface area contributed by atoms with Gasteiger partial charge in [-0.25, -0.2) is 0 Å². The van der Waals surface area contributed by atoms with Crippen LogP contribution in [0.15, 0.2) is 0 Å². The van der Waals surface area contributed by atoms with Gasteiger partial charge in [-0.3, -0.25) is 0 Å². The van der Waals surface area contributed by atoms with Crippen LogP contribution in [-0.4, -0.2) is 32.9 Å². The van der Waals surface area contributed by atoms with Crippen LogP contribution in [0, 0.1) is 5.41 Å². The summed E-state index contributed by atoms with van der Waals surface area (Å²) < 4.78 is 0. The van der Waals surface area contributed by atoms with E-state index in [0.717, 1.165) is 13.1 Å². The van der Waals surface area contributed by atoms with Gasteiger partial charge >= 0.3 is 0 Å². The average molecular weight is 154 g/mol. The molecule has 2 N–H and O–H groups in total. The molecule has 0 aromatic heterocycles. The lowest BCUT2D eigenvalue weighted by atomic mass is 9.82. The van der Waals surface area contributed by atoms with Crippen LogP contribution in [0.25, 0.3) is 0 Å². The molecule has 1 aliphatic rings. The van der Waals surface area contributed by atoms with Crippen molar-refractivity contribution < 1.29 is 0 Å². The largest absolute Gasteiger partial charge is 0.316 e. The van der Waals surface area contributed by atoms with E-state index in [1.807, 2.05) is 0 Å². The number of hydrogen-bond acceptors (Lipinski definition) is 2. The molecule has 1 heterocycles. The Balaban J connectivity index is 2.46. The van der Waals surface area contributed by atoms with Crippen molar-refractivity contribution in [1.82, 2.24) is 10.6 Å². The van der Waals surface area contributed by atoms with Crippen molar-refractivity contribution in [3.05, 3.63) is 0 Å². The maximum Gasteiger partial charge on any atom is 0.125 e. The number of nitrogens with one attached hydrogen (secondary N) is 2. The van der Waals surface area contributed by atoms with Gasteiger partial charge in [-0.2, -0.15) is 0 Å². The SMILES string of the molecule is BC1CNCC(C(C)(C)C)N1. The highest BCUT2D eigenvalue weighted by Crippen LogP contribution is 2.19. The van der Waals surface area contributed by atoms with Crippen LogP contribution < -0.4 is 10.6 Å². The van der Waals surface area contributed by atoms with Gasteiger partial charge in [0.15, 0.2) is 0 Å². The lowest BCUT2D eigenvalue weighted by Crippen LogP contribution is -2.59. The summed E-state index contributed by atoms with van der Waals surface area (Å²) in [6, 6.07) is 0.617. The molecule has 2 atom stereocenters. The Bertz CT molecular complexity index is 131. The van der Waals surface area contributed by atoms with Gasteiger partial charge in [-0.1, -0.05) is 20.8 Å². The highest BCUT2D eigenvalue weighted by atomic mass is 15.1. The van der Waals surface area contributed by atoms with Crippen molar-refractivity contribution in [3.8, 4) is 0 Å². The van der Waals surface area contributed by atoms with E-state index in [0.29, 0.717) is 17.4 Å². The van der Waals surface area contributed by atoms with Crippen molar-refractivity contribution in [2.45, 2.75) is 32.8 Å². The second-order valence-corrected chi connectivity index (χ2v) is 4.64. The molecule has 0 aliphatic carbocycles. The lowest BCUT2D eigenvalue weighted by Gasteiger charge is -2.38. The third-order valence-corrected chi connectivity index (χ3v) is 2.33. The van der Waals surface area contributed by atoms with Gasteiger partial charge in [0.2, 0.25) is 0 Å². The zero-order valence-corrected chi connectivity index (χ0v) is 8.07. The van der Waals surface area contributed by atoms with Crippen molar-refractivity contribution in [2.24, 2.45) is 5.41 Å². The van der Waals surface area contributed by atoms with Crippen molar-refractivity contribution in [1.29, 1.82) is 0 Å². The van der Waals surface area contributed by atoms with Gasteiger partial charge in [0.25, 0.3) is 0 Å². The highest BCUT2D eigenvalue weighted by Gasteiger charge is 2.27. The predicted octanol–water partition coefficient (Wildman–Crippen LogP) is -0.447. The molecule has 0 aromatic rings. The summed E-state index contributed by atoms with van der Waals surface area (Å²) in [7, 11) is 2.23. The minimum Gasteiger partial charge on any atom is -0.316 e. The number of hydrogen-bond donors (Lipinski definition) is 2. The normalized spacial score (nSPS) is 33.7. The second-order valence-electron chi connectivity index (χ2n) is 4.64. The van der Waals surface area contributed by atoms with E-state index < -0.39 is 0 Å². The average Bonchev–Trinajstić information content (AvgIpc) is 1.86. The van der Waals surface area contributed by atoms with Crippen molar-refractivity contribution in [3.63, 3.8) is 0 Å². The Hall–Kier alpha value is -0.0151. The zero-order valence-electron chi connectivity index (χ0n) is 8.07. The molecule has 11 heavy (non-hydrogen) atoms. The van der Waals surface area contributed by atoms with Crippen LogP contribution in [0.1, 0.15) is 20.8 Å². The Labute approximate surface area is 70.5 Å². The van der Waals surface area contributed by atoms with E-state index in [1.165, 1.54) is 0 Å². The van der Waals surface area contributed by atoms with Crippen molar-refractivity contribution >= 4 is 7.85 Å². The van der Waals surface area contributed by atoms with E-state index in [9.17, 15) is 0 Å². The van der Waals surface area contributed by atoms with E-state index >= 15 is 0 Å². The molecular formula is C8H19BN2. The van der Waals surface area contributed by atoms with Crippen LogP contribution in [0.4, 0.5) is 0 Å². The summed E-state index contributed by atoms with van der Waals surface area (Å²) in [4.78, 5) is 0. The Kier molecular flexibility index (Phi) is 2.60. The Morgan fingerprint density at radius 2 is 1.91 bits per heavy atom. The summed E-state index contributed by atoms with van der Waals surface area (Å²) in [5.74, 6) is 0.618. The van der Waals surface area contributed by atoms with Gasteiger partial charge in [0.05, 0.1) is 0 Å². The summed E-state index contributed by atoms with van der Waals surface area (Å²) in [6.45, 7) is 9.06. The van der Waals surface area contributed by atoms with Crippen LogP contribution in [0.2, 0.25) is 0 Å².